The molecule has 0 unspecified atom stereocenters. The molecule has 37 heavy (non-hydrogen) atoms. The molecule has 4 N–H and O–H groups in total. The molecule has 0 aliphatic rings. The van der Waals surface area contributed by atoms with Crippen molar-refractivity contribution >= 4 is 55.8 Å². The number of hydrogen-bond donors (Lipinski definition) is 3. The Hall–Kier alpha value is -4.01. The van der Waals surface area contributed by atoms with Crippen LogP contribution < -0.4 is 10.5 Å². The van der Waals surface area contributed by atoms with E-state index in [-0.39, 0.29) is 11.6 Å². The lowest BCUT2D eigenvalue weighted by Gasteiger charge is -2.17. The Labute approximate surface area is 218 Å². The van der Waals surface area contributed by atoms with Gasteiger partial charge in [-0.15, -0.1) is 0 Å². The fourth-order valence-electron chi connectivity index (χ4n) is 4.66. The molecule has 0 atom stereocenters. The number of fused-ring (bicyclic) bond motifs is 4. The molecule has 0 bridgehead atoms. The first-order chi connectivity index (χ1) is 17.5. The molecule has 5 aromatic rings. The highest BCUT2D eigenvalue weighted by Crippen LogP contribution is 2.40. The average Bonchev–Trinajstić information content (AvgIpc) is 3.19. The topological polar surface area (TPSA) is 127 Å². The van der Waals surface area contributed by atoms with Crippen molar-refractivity contribution in [1.82, 2.24) is 19.9 Å². The van der Waals surface area contributed by atoms with Gasteiger partial charge in [0, 0.05) is 49.9 Å². The maximum Gasteiger partial charge on any atom is 0.162 e. The average molecular weight is 516 g/mol. The quantitative estimate of drug-likeness (QED) is 0.264. The number of ether oxygens (including phenoxy) is 1. The Balaban J connectivity index is 1.94. The second-order valence-electron chi connectivity index (χ2n) is 9.54. The zero-order valence-corrected chi connectivity index (χ0v) is 21.9. The van der Waals surface area contributed by atoms with Gasteiger partial charge in [-0.2, -0.15) is 0 Å². The van der Waals surface area contributed by atoms with Crippen molar-refractivity contribution in [3.05, 3.63) is 64.7 Å². The van der Waals surface area contributed by atoms with E-state index in [1.54, 1.807) is 40.1 Å². The summed E-state index contributed by atoms with van der Waals surface area (Å²) in [5.74, 6) is 0.574. The summed E-state index contributed by atoms with van der Waals surface area (Å²) in [4.78, 5) is 29.8. The summed E-state index contributed by atoms with van der Waals surface area (Å²) in [6, 6.07) is 11.0. The van der Waals surface area contributed by atoms with Crippen LogP contribution in [0.4, 0.5) is 0 Å². The Morgan fingerprint density at radius 1 is 1.11 bits per heavy atom. The van der Waals surface area contributed by atoms with Gasteiger partial charge in [-0.25, -0.2) is 9.97 Å². The van der Waals surface area contributed by atoms with Crippen molar-refractivity contribution in [3.8, 4) is 17.0 Å². The third-order valence-corrected chi connectivity index (χ3v) is 6.53. The van der Waals surface area contributed by atoms with Crippen molar-refractivity contribution in [2.75, 3.05) is 7.11 Å². The second-order valence-corrected chi connectivity index (χ2v) is 9.97. The molecule has 3 heterocycles. The Morgan fingerprint density at radius 3 is 2.51 bits per heavy atom. The van der Waals surface area contributed by atoms with Crippen LogP contribution in [-0.4, -0.2) is 37.9 Å². The minimum atomic E-state index is -1.30. The summed E-state index contributed by atoms with van der Waals surface area (Å²) >= 11 is 6.35. The molecule has 0 saturated carbocycles. The van der Waals surface area contributed by atoms with Crippen LogP contribution >= 0.6 is 11.6 Å². The third-order valence-electron chi connectivity index (χ3n) is 6.29. The van der Waals surface area contributed by atoms with Crippen molar-refractivity contribution in [1.29, 1.82) is 0 Å². The Kier molecular flexibility index (Phi) is 5.89. The molecule has 2 aromatic carbocycles. The molecule has 0 saturated heterocycles. The predicted molar refractivity (Wildman–Crippen MR) is 146 cm³/mol. The van der Waals surface area contributed by atoms with Crippen LogP contribution in [-0.2, 0) is 10.4 Å². The number of hydrogen-bond acceptors (Lipinski definition) is 7. The van der Waals surface area contributed by atoms with Gasteiger partial charge in [0.05, 0.1) is 23.7 Å². The summed E-state index contributed by atoms with van der Waals surface area (Å²) in [7, 11) is 1.55. The molecule has 0 aliphatic carbocycles. The number of pyridine rings is 1. The highest BCUT2D eigenvalue weighted by atomic mass is 35.5. The molecule has 0 radical (unpaired) electrons. The standard InChI is InChI=1S/C28H26ClN5O3/c1-13(30)23(14(2)35)19-11-21-18(12-22(19)37-5)24-25(33-27(28(3,4)36)34-26(24)32-21)16-8-9-31-20-7-6-15(29)10-17(16)20/h6-12,36H,30H2,1-5H3,(H,32,33,34). The normalized spacial score (nSPS) is 12.8. The van der Waals surface area contributed by atoms with E-state index in [1.165, 1.54) is 6.92 Å². The van der Waals surface area contributed by atoms with Crippen LogP contribution in [0.25, 0.3) is 49.7 Å². The maximum atomic E-state index is 12.4. The van der Waals surface area contributed by atoms with Gasteiger partial charge in [-0.05, 0) is 64.1 Å². The minimum absolute atomic E-state index is 0.168. The zero-order chi connectivity index (χ0) is 26.6. The molecule has 9 heteroatoms. The van der Waals surface area contributed by atoms with Crippen LogP contribution in [0.2, 0.25) is 5.02 Å². The van der Waals surface area contributed by atoms with Gasteiger partial charge in [0.2, 0.25) is 0 Å². The van der Waals surface area contributed by atoms with Gasteiger partial charge in [0.15, 0.2) is 11.6 Å². The van der Waals surface area contributed by atoms with Gasteiger partial charge in [0.1, 0.15) is 17.0 Å². The summed E-state index contributed by atoms with van der Waals surface area (Å²) in [5, 5.41) is 13.7. The number of aliphatic hydroxyl groups is 1. The second kappa shape index (κ2) is 8.83. The number of nitrogens with two attached hydrogens (primary N) is 1. The Morgan fingerprint density at radius 2 is 1.86 bits per heavy atom. The first kappa shape index (κ1) is 24.7. The number of carbonyl (C=O) groups is 1. The highest BCUT2D eigenvalue weighted by Gasteiger charge is 2.26. The van der Waals surface area contributed by atoms with Gasteiger partial charge in [-0.3, -0.25) is 9.78 Å². The molecule has 188 valence electrons. The molecule has 3 aromatic heterocycles. The fraction of sp³-hybridized carbons (Fsp3) is 0.214. The number of aromatic nitrogens is 4. The largest absolute Gasteiger partial charge is 0.496 e. The number of allylic oxidation sites excluding steroid dienone is 2. The fourth-order valence-corrected chi connectivity index (χ4v) is 4.83. The molecular weight excluding hydrogens is 490 g/mol. The van der Waals surface area contributed by atoms with E-state index in [9.17, 15) is 9.90 Å². The number of methoxy groups -OCH3 is 1. The Bertz CT molecular complexity index is 1760. The number of aromatic amines is 1. The molecule has 5 rings (SSSR count). The van der Waals surface area contributed by atoms with Gasteiger partial charge in [-0.1, -0.05) is 11.6 Å². The van der Waals surface area contributed by atoms with Crippen LogP contribution in [0.15, 0.2) is 48.3 Å². The number of benzene rings is 2. The van der Waals surface area contributed by atoms with Crippen molar-refractivity contribution in [3.63, 3.8) is 0 Å². The molecular formula is C28H26ClN5O3. The number of rotatable bonds is 5. The summed E-state index contributed by atoms with van der Waals surface area (Å²) < 4.78 is 5.70. The van der Waals surface area contributed by atoms with Crippen molar-refractivity contribution in [2.24, 2.45) is 5.73 Å². The first-order valence-electron chi connectivity index (χ1n) is 11.7. The monoisotopic (exact) mass is 515 g/mol. The van der Waals surface area contributed by atoms with E-state index in [0.717, 1.165) is 27.2 Å². The lowest BCUT2D eigenvalue weighted by atomic mass is 9.96. The predicted octanol–water partition coefficient (Wildman–Crippen LogP) is 5.49. The van der Waals surface area contributed by atoms with Crippen LogP contribution in [0.5, 0.6) is 5.75 Å². The van der Waals surface area contributed by atoms with E-state index >= 15 is 0 Å². The van der Waals surface area contributed by atoms with Gasteiger partial charge >= 0.3 is 0 Å². The number of H-pyrrole nitrogens is 1. The number of halogens is 1. The van der Waals surface area contributed by atoms with E-state index in [0.29, 0.717) is 44.5 Å². The smallest absolute Gasteiger partial charge is 0.162 e. The molecule has 8 nitrogen and oxygen atoms in total. The zero-order valence-electron chi connectivity index (χ0n) is 21.1. The minimum Gasteiger partial charge on any atom is -0.496 e. The summed E-state index contributed by atoms with van der Waals surface area (Å²) in [6.45, 7) is 6.43. The first-order valence-corrected chi connectivity index (χ1v) is 12.0. The molecule has 0 fully saturated rings. The van der Waals surface area contributed by atoms with E-state index in [2.05, 4.69) is 15.0 Å². The van der Waals surface area contributed by atoms with Crippen LogP contribution in [0.3, 0.4) is 0 Å². The number of nitrogens with zero attached hydrogens (tertiary/aromatic N) is 3. The highest BCUT2D eigenvalue weighted by molar-refractivity contribution is 6.31. The van der Waals surface area contributed by atoms with E-state index < -0.39 is 5.60 Å². The summed E-state index contributed by atoms with van der Waals surface area (Å²) in [5.41, 5.74) is 9.52. The number of nitrogens with one attached hydrogen (secondary N) is 1. The lowest BCUT2D eigenvalue weighted by Crippen LogP contribution is -2.20. The van der Waals surface area contributed by atoms with E-state index in [4.69, 9.17) is 27.1 Å². The number of ketones is 1. The third kappa shape index (κ3) is 4.18. The van der Waals surface area contributed by atoms with E-state index in [1.807, 2.05) is 30.3 Å². The van der Waals surface area contributed by atoms with Crippen LogP contribution in [0.1, 0.15) is 39.1 Å². The van der Waals surface area contributed by atoms with Gasteiger partial charge < -0.3 is 20.6 Å². The molecule has 0 aliphatic heterocycles. The van der Waals surface area contributed by atoms with Crippen LogP contribution in [0, 0.1) is 0 Å². The summed E-state index contributed by atoms with van der Waals surface area (Å²) in [6.07, 6.45) is 1.71. The number of carbonyl (C=O) groups excluding carboxylic acids is 1. The lowest BCUT2D eigenvalue weighted by molar-refractivity contribution is -0.111. The SMILES string of the molecule is COc1cc2c(cc1C(C(C)=O)=C(C)N)[nH]c1nc(C(C)(C)O)nc(-c3ccnc4ccc(Cl)cc34)c12. The molecule has 0 amide bonds. The number of Topliss-reactive ketones (excluding diaryl/α,β-unsaturated/α-hetero) is 1. The van der Waals surface area contributed by atoms with Crippen molar-refractivity contribution < 1.29 is 14.6 Å². The maximum absolute atomic E-state index is 12.4. The van der Waals surface area contributed by atoms with Crippen molar-refractivity contribution in [2.45, 2.75) is 33.3 Å². The van der Waals surface area contributed by atoms with Gasteiger partial charge in [0.25, 0.3) is 0 Å². The molecule has 0 spiro atoms.